The Kier molecular flexibility index (Phi) is 8.34. The lowest BCUT2D eigenvalue weighted by atomic mass is 9.83. The topological polar surface area (TPSA) is 63.3 Å². The van der Waals surface area contributed by atoms with E-state index in [0.717, 1.165) is 50.3 Å². The van der Waals surface area contributed by atoms with Crippen LogP contribution in [0.15, 0.2) is 72.8 Å². The number of hydrogen-bond acceptors (Lipinski definition) is 6. The summed E-state index contributed by atoms with van der Waals surface area (Å²) in [6.07, 6.45) is 1.49. The van der Waals surface area contributed by atoms with Crippen molar-refractivity contribution in [1.29, 1.82) is 0 Å². The van der Waals surface area contributed by atoms with E-state index in [9.17, 15) is 4.79 Å². The van der Waals surface area contributed by atoms with Crippen LogP contribution in [-0.2, 0) is 17.6 Å². The van der Waals surface area contributed by atoms with Crippen LogP contribution < -0.4 is 24.4 Å². The fourth-order valence-electron chi connectivity index (χ4n) is 5.63. The molecule has 0 saturated carbocycles. The average molecular weight is 516 g/mol. The fourth-order valence-corrected chi connectivity index (χ4v) is 5.63. The number of ether oxygens (including phenoxy) is 3. The summed E-state index contributed by atoms with van der Waals surface area (Å²) in [5, 5.41) is 3.23. The predicted octanol–water partition coefficient (Wildman–Crippen LogP) is 3.80. The van der Waals surface area contributed by atoms with Gasteiger partial charge in [0.05, 0.1) is 26.2 Å². The second kappa shape index (κ2) is 12.2. The number of benzene rings is 3. The minimum Gasteiger partial charge on any atom is -0.493 e. The van der Waals surface area contributed by atoms with E-state index in [-0.39, 0.29) is 17.9 Å². The van der Waals surface area contributed by atoms with Gasteiger partial charge in [-0.2, -0.15) is 0 Å². The number of amides is 1. The van der Waals surface area contributed by atoms with Crippen LogP contribution >= 0.6 is 0 Å². The second-order valence-corrected chi connectivity index (χ2v) is 9.89. The molecule has 0 aromatic heterocycles. The molecule has 0 spiro atoms. The third kappa shape index (κ3) is 5.89. The number of carbonyl (C=O) groups is 1. The van der Waals surface area contributed by atoms with Crippen LogP contribution in [0.25, 0.3) is 0 Å². The van der Waals surface area contributed by atoms with Gasteiger partial charge in [0.25, 0.3) is 0 Å². The molecule has 1 amide bonds. The van der Waals surface area contributed by atoms with Gasteiger partial charge in [-0.15, -0.1) is 0 Å². The number of rotatable bonds is 10. The lowest BCUT2D eigenvalue weighted by molar-refractivity contribution is -0.126. The van der Waals surface area contributed by atoms with Crippen molar-refractivity contribution in [3.05, 3.63) is 83.9 Å². The highest BCUT2D eigenvalue weighted by molar-refractivity contribution is 5.82. The molecule has 2 aliphatic rings. The Hall–Kier alpha value is -3.71. The Morgan fingerprint density at radius 3 is 2.55 bits per heavy atom. The molecule has 1 saturated heterocycles. The number of carbonyl (C=O) groups excluding carboxylic acids is 1. The highest BCUT2D eigenvalue weighted by Crippen LogP contribution is 2.36. The first kappa shape index (κ1) is 25.9. The molecule has 1 N–H and O–H groups in total. The fraction of sp³-hybridized carbons (Fsp3) is 0.387. The normalized spacial score (nSPS) is 18.7. The Morgan fingerprint density at radius 1 is 0.947 bits per heavy atom. The first-order chi connectivity index (χ1) is 18.7. The summed E-state index contributed by atoms with van der Waals surface area (Å²) in [6.45, 7) is 4.76. The van der Waals surface area contributed by atoms with Crippen LogP contribution in [-0.4, -0.2) is 70.4 Å². The quantitative estimate of drug-likeness (QED) is 0.443. The van der Waals surface area contributed by atoms with Gasteiger partial charge < -0.3 is 24.4 Å². The molecule has 2 unspecified atom stereocenters. The maximum absolute atomic E-state index is 13.6. The predicted molar refractivity (Wildman–Crippen MR) is 149 cm³/mol. The third-order valence-corrected chi connectivity index (χ3v) is 7.63. The van der Waals surface area contributed by atoms with Crippen molar-refractivity contribution in [1.82, 2.24) is 10.2 Å². The van der Waals surface area contributed by atoms with E-state index in [1.165, 1.54) is 11.3 Å². The molecule has 3 aromatic rings. The van der Waals surface area contributed by atoms with E-state index in [0.29, 0.717) is 24.7 Å². The molecule has 2 heterocycles. The van der Waals surface area contributed by atoms with Gasteiger partial charge in [0.2, 0.25) is 5.91 Å². The average Bonchev–Trinajstić information content (AvgIpc) is 2.97. The van der Waals surface area contributed by atoms with Crippen molar-refractivity contribution in [2.75, 3.05) is 58.5 Å². The highest BCUT2D eigenvalue weighted by atomic mass is 16.5. The third-order valence-electron chi connectivity index (χ3n) is 7.63. The largest absolute Gasteiger partial charge is 0.493 e. The van der Waals surface area contributed by atoms with Crippen LogP contribution in [0.4, 0.5) is 5.69 Å². The van der Waals surface area contributed by atoms with Crippen LogP contribution in [0.3, 0.4) is 0 Å². The van der Waals surface area contributed by atoms with Crippen molar-refractivity contribution < 1.29 is 19.0 Å². The van der Waals surface area contributed by atoms with Crippen LogP contribution in [0, 0.1) is 5.92 Å². The number of nitrogens with one attached hydrogen (secondary N) is 1. The highest BCUT2D eigenvalue weighted by Gasteiger charge is 2.41. The molecule has 200 valence electrons. The number of anilines is 1. The minimum absolute atomic E-state index is 0.104. The van der Waals surface area contributed by atoms with Crippen LogP contribution in [0.2, 0.25) is 0 Å². The van der Waals surface area contributed by atoms with E-state index in [1.54, 1.807) is 14.2 Å². The van der Waals surface area contributed by atoms with E-state index in [1.807, 2.05) is 48.5 Å². The Morgan fingerprint density at radius 2 is 1.74 bits per heavy atom. The summed E-state index contributed by atoms with van der Waals surface area (Å²) in [5.74, 6) is 2.32. The van der Waals surface area contributed by atoms with Gasteiger partial charge in [0, 0.05) is 38.4 Å². The van der Waals surface area contributed by atoms with Gasteiger partial charge in [-0.1, -0.05) is 42.5 Å². The maximum Gasteiger partial charge on any atom is 0.225 e. The molecule has 38 heavy (non-hydrogen) atoms. The number of nitrogens with zero attached hydrogens (tertiary/aromatic N) is 2. The monoisotopic (exact) mass is 515 g/mol. The number of para-hydroxylation sites is 2. The number of fused-ring (bicyclic) bond motifs is 3. The molecular weight excluding hydrogens is 478 g/mol. The Bertz CT molecular complexity index is 1220. The van der Waals surface area contributed by atoms with Crippen molar-refractivity contribution in [2.24, 2.45) is 5.92 Å². The van der Waals surface area contributed by atoms with E-state index < -0.39 is 0 Å². The second-order valence-electron chi connectivity index (χ2n) is 9.89. The zero-order valence-electron chi connectivity index (χ0n) is 22.3. The molecule has 0 aliphatic carbocycles. The van der Waals surface area contributed by atoms with Gasteiger partial charge in [-0.3, -0.25) is 9.69 Å². The molecular formula is C31H37N3O4. The van der Waals surface area contributed by atoms with Gasteiger partial charge in [-0.05, 0) is 54.3 Å². The molecule has 0 radical (unpaired) electrons. The molecule has 0 bridgehead atoms. The molecule has 5 rings (SSSR count). The minimum atomic E-state index is -0.104. The zero-order valence-corrected chi connectivity index (χ0v) is 22.3. The lowest BCUT2D eigenvalue weighted by Crippen LogP contribution is -2.61. The summed E-state index contributed by atoms with van der Waals surface area (Å²) < 4.78 is 16.7. The lowest BCUT2D eigenvalue weighted by Gasteiger charge is -2.49. The van der Waals surface area contributed by atoms with Crippen molar-refractivity contribution >= 4 is 11.6 Å². The summed E-state index contributed by atoms with van der Waals surface area (Å²) in [7, 11) is 3.27. The summed E-state index contributed by atoms with van der Waals surface area (Å²) in [5.41, 5.74) is 3.62. The zero-order chi connectivity index (χ0) is 26.3. The Labute approximate surface area is 225 Å². The standard InChI is InChI=1S/C31H37N3O4/c1-36-29-13-12-23(20-30(29)37-2)14-15-32-31(35)26-21-24-8-6-7-11-27(24)34-17-16-33(22-28(26)34)18-19-38-25-9-4-3-5-10-25/h3-13,20,26,28H,14-19,21-22H2,1-2H3,(H,32,35). The van der Waals surface area contributed by atoms with Crippen LogP contribution in [0.5, 0.6) is 17.2 Å². The van der Waals surface area contributed by atoms with Crippen molar-refractivity contribution in [2.45, 2.75) is 18.9 Å². The molecule has 2 atom stereocenters. The van der Waals surface area contributed by atoms with Crippen LogP contribution in [0.1, 0.15) is 11.1 Å². The Balaban J connectivity index is 1.22. The van der Waals surface area contributed by atoms with Gasteiger partial charge in [-0.25, -0.2) is 0 Å². The summed E-state index contributed by atoms with van der Waals surface area (Å²) >= 11 is 0. The first-order valence-electron chi connectivity index (χ1n) is 13.4. The molecule has 3 aromatic carbocycles. The van der Waals surface area contributed by atoms with E-state index in [2.05, 4.69) is 39.4 Å². The number of methoxy groups -OCH3 is 2. The smallest absolute Gasteiger partial charge is 0.225 e. The van der Waals surface area contributed by atoms with Crippen molar-refractivity contribution in [3.63, 3.8) is 0 Å². The number of hydrogen-bond donors (Lipinski definition) is 1. The SMILES string of the molecule is COc1ccc(CCNC(=O)C2Cc3ccccc3N3CCN(CCOc4ccccc4)CC23)cc1OC. The van der Waals surface area contributed by atoms with Crippen molar-refractivity contribution in [3.8, 4) is 17.2 Å². The van der Waals surface area contributed by atoms with E-state index in [4.69, 9.17) is 14.2 Å². The van der Waals surface area contributed by atoms with Gasteiger partial charge in [0.15, 0.2) is 11.5 Å². The first-order valence-corrected chi connectivity index (χ1v) is 13.4. The molecule has 1 fully saturated rings. The molecule has 2 aliphatic heterocycles. The van der Waals surface area contributed by atoms with Gasteiger partial charge >= 0.3 is 0 Å². The van der Waals surface area contributed by atoms with Gasteiger partial charge in [0.1, 0.15) is 12.4 Å². The molecule has 7 heteroatoms. The molecule has 7 nitrogen and oxygen atoms in total. The van der Waals surface area contributed by atoms with E-state index >= 15 is 0 Å². The number of piperazine rings is 1. The maximum atomic E-state index is 13.6. The summed E-state index contributed by atoms with van der Waals surface area (Å²) in [6, 6.07) is 24.5. The summed E-state index contributed by atoms with van der Waals surface area (Å²) in [4.78, 5) is 18.4.